The zero-order chi connectivity index (χ0) is 13.1. The first-order valence-corrected chi connectivity index (χ1v) is 8.22. The number of unbranched alkanes of at least 4 members (excludes halogenated alkanes) is 1. The minimum atomic E-state index is 0.767. The van der Waals surface area contributed by atoms with Gasteiger partial charge in [-0.15, -0.1) is 6.58 Å². The Morgan fingerprint density at radius 2 is 1.83 bits per heavy atom. The van der Waals surface area contributed by atoms with Gasteiger partial charge < -0.3 is 5.32 Å². The second kappa shape index (κ2) is 10.6. The average molecular weight is 251 g/mol. The summed E-state index contributed by atoms with van der Waals surface area (Å²) in [5.41, 5.74) is 0. The van der Waals surface area contributed by atoms with Crippen LogP contribution in [0.1, 0.15) is 77.6 Å². The fourth-order valence-electron chi connectivity index (χ4n) is 3.21. The lowest BCUT2D eigenvalue weighted by atomic mass is 9.83. The molecule has 0 aromatic carbocycles. The van der Waals surface area contributed by atoms with Crippen LogP contribution in [0.4, 0.5) is 0 Å². The lowest BCUT2D eigenvalue weighted by Crippen LogP contribution is -2.37. The first-order chi connectivity index (χ1) is 8.88. The van der Waals surface area contributed by atoms with Gasteiger partial charge in [0, 0.05) is 6.04 Å². The molecule has 1 aliphatic rings. The van der Waals surface area contributed by atoms with Crippen LogP contribution in [0.5, 0.6) is 0 Å². The number of rotatable bonds is 8. The normalized spacial score (nSPS) is 20.1. The van der Waals surface area contributed by atoms with Crippen molar-refractivity contribution in [2.75, 3.05) is 6.54 Å². The van der Waals surface area contributed by atoms with Crippen molar-refractivity contribution in [1.82, 2.24) is 5.32 Å². The highest BCUT2D eigenvalue weighted by atomic mass is 14.9. The van der Waals surface area contributed by atoms with Crippen molar-refractivity contribution in [2.24, 2.45) is 5.92 Å². The molecule has 1 nitrogen and oxygen atoms in total. The van der Waals surface area contributed by atoms with Crippen LogP contribution in [0.3, 0.4) is 0 Å². The first kappa shape index (κ1) is 15.8. The van der Waals surface area contributed by atoms with Crippen molar-refractivity contribution in [1.29, 1.82) is 0 Å². The van der Waals surface area contributed by atoms with Crippen molar-refractivity contribution in [3.8, 4) is 0 Å². The van der Waals surface area contributed by atoms with Crippen LogP contribution >= 0.6 is 0 Å². The molecule has 106 valence electrons. The summed E-state index contributed by atoms with van der Waals surface area (Å²) < 4.78 is 0. The molecular weight excluding hydrogens is 218 g/mol. The van der Waals surface area contributed by atoms with Crippen LogP contribution in [0, 0.1) is 5.92 Å². The Labute approximate surface area is 114 Å². The molecule has 1 N–H and O–H groups in total. The number of allylic oxidation sites excluding steroid dienone is 1. The van der Waals surface area contributed by atoms with Gasteiger partial charge in [-0.3, -0.25) is 0 Å². The fraction of sp³-hybridized carbons (Fsp3) is 0.882. The largest absolute Gasteiger partial charge is 0.314 e. The minimum absolute atomic E-state index is 0.767. The molecule has 1 rings (SSSR count). The Hall–Kier alpha value is -0.300. The SMILES string of the molecule is C=CCCCC(NCCC)C1CCCCCCC1. The van der Waals surface area contributed by atoms with Gasteiger partial charge >= 0.3 is 0 Å². The third-order valence-corrected chi connectivity index (χ3v) is 4.30. The molecule has 1 atom stereocenters. The molecule has 0 bridgehead atoms. The molecule has 1 saturated carbocycles. The summed E-state index contributed by atoms with van der Waals surface area (Å²) in [5, 5.41) is 3.81. The summed E-state index contributed by atoms with van der Waals surface area (Å²) in [5.74, 6) is 0.932. The van der Waals surface area contributed by atoms with Gasteiger partial charge in [0.1, 0.15) is 0 Å². The van der Waals surface area contributed by atoms with Gasteiger partial charge in [0.15, 0.2) is 0 Å². The van der Waals surface area contributed by atoms with Gasteiger partial charge in [0.25, 0.3) is 0 Å². The molecule has 0 saturated heterocycles. The standard InChI is InChI=1S/C17H33N/c1-3-5-9-14-17(18-15-4-2)16-12-10-7-6-8-11-13-16/h3,16-18H,1,4-15H2,2H3. The summed E-state index contributed by atoms with van der Waals surface area (Å²) in [6, 6.07) is 0.767. The molecule has 0 aromatic heterocycles. The van der Waals surface area contributed by atoms with E-state index in [1.165, 1.54) is 77.2 Å². The van der Waals surface area contributed by atoms with Crippen molar-refractivity contribution in [2.45, 2.75) is 83.6 Å². The van der Waals surface area contributed by atoms with E-state index < -0.39 is 0 Å². The zero-order valence-electron chi connectivity index (χ0n) is 12.4. The van der Waals surface area contributed by atoms with Crippen LogP contribution in [-0.4, -0.2) is 12.6 Å². The molecule has 1 unspecified atom stereocenters. The van der Waals surface area contributed by atoms with Gasteiger partial charge in [-0.25, -0.2) is 0 Å². The third kappa shape index (κ3) is 6.58. The Bertz CT molecular complexity index is 192. The van der Waals surface area contributed by atoms with Crippen LogP contribution in [0.2, 0.25) is 0 Å². The number of hydrogen-bond acceptors (Lipinski definition) is 1. The van der Waals surface area contributed by atoms with Crippen molar-refractivity contribution in [3.05, 3.63) is 12.7 Å². The Kier molecular flexibility index (Phi) is 9.28. The second-order valence-electron chi connectivity index (χ2n) is 5.89. The predicted molar refractivity (Wildman–Crippen MR) is 81.9 cm³/mol. The molecule has 1 heteroatoms. The number of hydrogen-bond donors (Lipinski definition) is 1. The molecular formula is C17H33N. The van der Waals surface area contributed by atoms with Crippen molar-refractivity contribution in [3.63, 3.8) is 0 Å². The maximum atomic E-state index is 3.84. The highest BCUT2D eigenvalue weighted by Gasteiger charge is 2.20. The molecule has 0 aromatic rings. The molecule has 1 fully saturated rings. The topological polar surface area (TPSA) is 12.0 Å². The molecule has 0 radical (unpaired) electrons. The second-order valence-corrected chi connectivity index (χ2v) is 5.89. The highest BCUT2D eigenvalue weighted by molar-refractivity contribution is 4.79. The van der Waals surface area contributed by atoms with Gasteiger partial charge in [0.2, 0.25) is 0 Å². The van der Waals surface area contributed by atoms with Gasteiger partial charge in [0.05, 0.1) is 0 Å². The van der Waals surface area contributed by atoms with Gasteiger partial charge in [-0.05, 0) is 51.0 Å². The fourth-order valence-corrected chi connectivity index (χ4v) is 3.21. The van der Waals surface area contributed by atoms with E-state index in [2.05, 4.69) is 24.9 Å². The lowest BCUT2D eigenvalue weighted by molar-refractivity contribution is 0.270. The smallest absolute Gasteiger partial charge is 0.00954 e. The van der Waals surface area contributed by atoms with Gasteiger partial charge in [-0.2, -0.15) is 0 Å². The van der Waals surface area contributed by atoms with E-state index in [1.54, 1.807) is 0 Å². The Morgan fingerprint density at radius 1 is 1.17 bits per heavy atom. The van der Waals surface area contributed by atoms with Crippen LogP contribution in [-0.2, 0) is 0 Å². The highest BCUT2D eigenvalue weighted by Crippen LogP contribution is 2.27. The molecule has 0 spiro atoms. The maximum Gasteiger partial charge on any atom is 0.00954 e. The van der Waals surface area contributed by atoms with E-state index >= 15 is 0 Å². The molecule has 1 aliphatic carbocycles. The van der Waals surface area contributed by atoms with Crippen molar-refractivity contribution < 1.29 is 0 Å². The molecule has 0 amide bonds. The summed E-state index contributed by atoms with van der Waals surface area (Å²) in [6.07, 6.45) is 17.4. The summed E-state index contributed by atoms with van der Waals surface area (Å²) in [7, 11) is 0. The molecule has 18 heavy (non-hydrogen) atoms. The van der Waals surface area contributed by atoms with E-state index in [4.69, 9.17) is 0 Å². The quantitative estimate of drug-likeness (QED) is 0.469. The lowest BCUT2D eigenvalue weighted by Gasteiger charge is -2.30. The minimum Gasteiger partial charge on any atom is -0.314 e. The van der Waals surface area contributed by atoms with E-state index in [0.717, 1.165) is 12.0 Å². The summed E-state index contributed by atoms with van der Waals surface area (Å²) >= 11 is 0. The summed E-state index contributed by atoms with van der Waals surface area (Å²) in [6.45, 7) is 7.30. The van der Waals surface area contributed by atoms with E-state index in [9.17, 15) is 0 Å². The van der Waals surface area contributed by atoms with E-state index in [1.807, 2.05) is 0 Å². The van der Waals surface area contributed by atoms with Crippen LogP contribution in [0.25, 0.3) is 0 Å². The molecule has 0 heterocycles. The molecule has 0 aliphatic heterocycles. The van der Waals surface area contributed by atoms with E-state index in [-0.39, 0.29) is 0 Å². The Morgan fingerprint density at radius 3 is 2.44 bits per heavy atom. The maximum absolute atomic E-state index is 3.84. The van der Waals surface area contributed by atoms with Gasteiger partial charge in [-0.1, -0.05) is 45.1 Å². The predicted octanol–water partition coefficient (Wildman–Crippen LogP) is 5.07. The average Bonchev–Trinajstić information content (AvgIpc) is 2.34. The zero-order valence-corrected chi connectivity index (χ0v) is 12.4. The third-order valence-electron chi connectivity index (χ3n) is 4.30. The Balaban J connectivity index is 2.40. The first-order valence-electron chi connectivity index (χ1n) is 8.22. The summed E-state index contributed by atoms with van der Waals surface area (Å²) in [4.78, 5) is 0. The van der Waals surface area contributed by atoms with Crippen LogP contribution < -0.4 is 5.32 Å². The monoisotopic (exact) mass is 251 g/mol. The van der Waals surface area contributed by atoms with Crippen molar-refractivity contribution >= 4 is 0 Å². The number of nitrogens with one attached hydrogen (secondary N) is 1. The van der Waals surface area contributed by atoms with Crippen LogP contribution in [0.15, 0.2) is 12.7 Å². The van der Waals surface area contributed by atoms with E-state index in [0.29, 0.717) is 0 Å².